The van der Waals surface area contributed by atoms with Crippen LogP contribution < -0.4 is 4.74 Å². The third-order valence-electron chi connectivity index (χ3n) is 4.05. The summed E-state index contributed by atoms with van der Waals surface area (Å²) in [5.41, 5.74) is 1.12. The van der Waals surface area contributed by atoms with Crippen LogP contribution in [0.1, 0.15) is 5.56 Å². The van der Waals surface area contributed by atoms with E-state index in [0.29, 0.717) is 13.2 Å². The van der Waals surface area contributed by atoms with Gasteiger partial charge in [0.25, 0.3) is 0 Å². The molecule has 0 saturated carbocycles. The topological polar surface area (TPSA) is 45.2 Å². The maximum Gasteiger partial charge on any atom is 0.126 e. The Morgan fingerprint density at radius 1 is 1.09 bits per heavy atom. The first-order valence-corrected chi connectivity index (χ1v) is 8.26. The minimum absolute atomic E-state index is 0.103. The molecule has 1 N–H and O–H groups in total. The van der Waals surface area contributed by atoms with Crippen molar-refractivity contribution in [3.8, 4) is 5.75 Å². The van der Waals surface area contributed by atoms with Crippen molar-refractivity contribution in [2.24, 2.45) is 0 Å². The summed E-state index contributed by atoms with van der Waals surface area (Å²) in [6.07, 6.45) is 4.34. The molecule has 0 radical (unpaired) electrons. The minimum atomic E-state index is 0.103. The lowest BCUT2D eigenvalue weighted by Gasteiger charge is -2.34. The van der Waals surface area contributed by atoms with Gasteiger partial charge in [0.1, 0.15) is 5.75 Å². The van der Waals surface area contributed by atoms with Crippen molar-refractivity contribution in [2.75, 3.05) is 66.2 Å². The molecule has 1 saturated heterocycles. The van der Waals surface area contributed by atoms with Gasteiger partial charge in [0.15, 0.2) is 0 Å². The molecule has 0 aliphatic carbocycles. The molecule has 0 spiro atoms. The number of benzene rings is 1. The van der Waals surface area contributed by atoms with Gasteiger partial charge >= 0.3 is 0 Å². The Balaban J connectivity index is 1.67. The monoisotopic (exact) mass is 320 g/mol. The van der Waals surface area contributed by atoms with Crippen LogP contribution in [0.25, 0.3) is 6.08 Å². The highest BCUT2D eigenvalue weighted by atomic mass is 16.5. The Hall–Kier alpha value is -1.40. The molecule has 5 heteroatoms. The van der Waals surface area contributed by atoms with Crippen LogP contribution in [0.5, 0.6) is 5.75 Å². The zero-order valence-electron chi connectivity index (χ0n) is 14.0. The van der Waals surface area contributed by atoms with Gasteiger partial charge in [-0.1, -0.05) is 30.4 Å². The van der Waals surface area contributed by atoms with Crippen LogP contribution in [-0.4, -0.2) is 81.1 Å². The Morgan fingerprint density at radius 2 is 1.83 bits per heavy atom. The molecule has 1 aliphatic heterocycles. The van der Waals surface area contributed by atoms with Gasteiger partial charge in [-0.05, 0) is 6.07 Å². The number of hydrogen-bond donors (Lipinski definition) is 1. The van der Waals surface area contributed by atoms with Crippen LogP contribution in [0.4, 0.5) is 0 Å². The zero-order chi connectivity index (χ0) is 16.3. The molecule has 128 valence electrons. The average molecular weight is 320 g/mol. The lowest BCUT2D eigenvalue weighted by molar-refractivity contribution is 0.0594. The van der Waals surface area contributed by atoms with Crippen molar-refractivity contribution in [2.45, 2.75) is 0 Å². The Bertz CT molecular complexity index is 471. The number of piperazine rings is 1. The van der Waals surface area contributed by atoms with Crippen molar-refractivity contribution < 1.29 is 14.6 Å². The smallest absolute Gasteiger partial charge is 0.126 e. The van der Waals surface area contributed by atoms with Crippen LogP contribution >= 0.6 is 0 Å². The molecule has 1 fully saturated rings. The lowest BCUT2D eigenvalue weighted by Crippen LogP contribution is -2.47. The second-order valence-electron chi connectivity index (χ2n) is 5.62. The molecule has 1 aromatic rings. The van der Waals surface area contributed by atoms with Crippen LogP contribution in [0.3, 0.4) is 0 Å². The maximum absolute atomic E-state index is 8.68. The first-order chi connectivity index (χ1) is 11.3. The summed E-state index contributed by atoms with van der Waals surface area (Å²) < 4.78 is 10.7. The number of para-hydroxylation sites is 1. The minimum Gasteiger partial charge on any atom is -0.496 e. The van der Waals surface area contributed by atoms with E-state index in [0.717, 1.165) is 50.6 Å². The number of methoxy groups -OCH3 is 1. The molecule has 23 heavy (non-hydrogen) atoms. The van der Waals surface area contributed by atoms with Gasteiger partial charge in [0, 0.05) is 44.8 Å². The van der Waals surface area contributed by atoms with Gasteiger partial charge < -0.3 is 14.6 Å². The first-order valence-electron chi connectivity index (χ1n) is 8.26. The summed E-state index contributed by atoms with van der Waals surface area (Å²) in [5.74, 6) is 0.913. The van der Waals surface area contributed by atoms with Crippen molar-refractivity contribution in [1.82, 2.24) is 9.80 Å². The number of ether oxygens (including phenoxy) is 2. The summed E-state index contributed by atoms with van der Waals surface area (Å²) in [5, 5.41) is 8.68. The number of rotatable bonds is 9. The molecular weight excluding hydrogens is 292 g/mol. The summed E-state index contributed by atoms with van der Waals surface area (Å²) >= 11 is 0. The SMILES string of the molecule is COc1ccccc1C=CCN1CCN(CCOCCO)CC1. The van der Waals surface area contributed by atoms with Crippen LogP contribution in [0.2, 0.25) is 0 Å². The van der Waals surface area contributed by atoms with Crippen molar-refractivity contribution in [3.63, 3.8) is 0 Å². The van der Waals surface area contributed by atoms with Crippen LogP contribution in [0, 0.1) is 0 Å². The largest absolute Gasteiger partial charge is 0.496 e. The second kappa shape index (κ2) is 10.4. The van der Waals surface area contributed by atoms with E-state index in [1.165, 1.54) is 0 Å². The summed E-state index contributed by atoms with van der Waals surface area (Å²) in [6.45, 7) is 7.47. The predicted molar refractivity (Wildman–Crippen MR) is 92.8 cm³/mol. The fraction of sp³-hybridized carbons (Fsp3) is 0.556. The van der Waals surface area contributed by atoms with Gasteiger partial charge in [-0.25, -0.2) is 0 Å². The molecule has 0 bridgehead atoms. The van der Waals surface area contributed by atoms with Crippen molar-refractivity contribution in [3.05, 3.63) is 35.9 Å². The van der Waals surface area contributed by atoms with Crippen LogP contribution in [0.15, 0.2) is 30.3 Å². The number of aliphatic hydroxyl groups is 1. The lowest BCUT2D eigenvalue weighted by atomic mass is 10.2. The number of nitrogens with zero attached hydrogens (tertiary/aromatic N) is 2. The zero-order valence-corrected chi connectivity index (χ0v) is 14.0. The maximum atomic E-state index is 8.68. The highest BCUT2D eigenvalue weighted by molar-refractivity contribution is 5.57. The average Bonchev–Trinajstić information content (AvgIpc) is 2.60. The molecule has 1 aliphatic rings. The van der Waals surface area contributed by atoms with E-state index >= 15 is 0 Å². The third kappa shape index (κ3) is 6.31. The third-order valence-corrected chi connectivity index (χ3v) is 4.05. The Labute approximate surface area is 139 Å². The van der Waals surface area contributed by atoms with Gasteiger partial charge in [0.2, 0.25) is 0 Å². The van der Waals surface area contributed by atoms with Gasteiger partial charge in [-0.2, -0.15) is 0 Å². The molecular formula is C18H28N2O3. The highest BCUT2D eigenvalue weighted by Crippen LogP contribution is 2.18. The summed E-state index contributed by atoms with van der Waals surface area (Å²) in [6, 6.07) is 8.07. The molecule has 2 rings (SSSR count). The molecule has 0 unspecified atom stereocenters. The van der Waals surface area contributed by atoms with Gasteiger partial charge in [-0.15, -0.1) is 0 Å². The van der Waals surface area contributed by atoms with Crippen molar-refractivity contribution in [1.29, 1.82) is 0 Å². The molecule has 0 aromatic heterocycles. The fourth-order valence-corrected chi connectivity index (χ4v) is 2.69. The standard InChI is InChI=1S/C18H28N2O3/c1-22-18-7-3-2-5-17(18)6-4-8-19-9-11-20(12-10-19)13-15-23-16-14-21/h2-7,21H,8-16H2,1H3. The molecule has 1 heterocycles. The summed E-state index contributed by atoms with van der Waals surface area (Å²) in [4.78, 5) is 4.87. The first kappa shape index (κ1) is 17.9. The van der Waals surface area contributed by atoms with Crippen LogP contribution in [-0.2, 0) is 4.74 Å². The van der Waals surface area contributed by atoms with E-state index in [4.69, 9.17) is 14.6 Å². The molecule has 1 aromatic carbocycles. The van der Waals surface area contributed by atoms with Gasteiger partial charge in [0.05, 0.1) is 26.9 Å². The molecule has 0 amide bonds. The van der Waals surface area contributed by atoms with E-state index in [2.05, 4.69) is 28.0 Å². The number of aliphatic hydroxyl groups excluding tert-OH is 1. The Kier molecular flexibility index (Phi) is 8.11. The summed E-state index contributed by atoms with van der Waals surface area (Å²) in [7, 11) is 1.70. The molecule has 5 nitrogen and oxygen atoms in total. The fourth-order valence-electron chi connectivity index (χ4n) is 2.69. The second-order valence-corrected chi connectivity index (χ2v) is 5.62. The quantitative estimate of drug-likeness (QED) is 0.696. The normalized spacial score (nSPS) is 17.0. The highest BCUT2D eigenvalue weighted by Gasteiger charge is 2.15. The Morgan fingerprint density at radius 3 is 2.57 bits per heavy atom. The van der Waals surface area contributed by atoms with Gasteiger partial charge in [-0.3, -0.25) is 9.80 Å². The molecule has 0 atom stereocenters. The van der Waals surface area contributed by atoms with E-state index in [1.54, 1.807) is 7.11 Å². The van der Waals surface area contributed by atoms with E-state index in [1.807, 2.05) is 18.2 Å². The van der Waals surface area contributed by atoms with E-state index in [9.17, 15) is 0 Å². The van der Waals surface area contributed by atoms with E-state index in [-0.39, 0.29) is 6.61 Å². The predicted octanol–water partition coefficient (Wildman–Crippen LogP) is 1.33. The van der Waals surface area contributed by atoms with E-state index < -0.39 is 0 Å². The number of hydrogen-bond acceptors (Lipinski definition) is 5. The van der Waals surface area contributed by atoms with Crippen molar-refractivity contribution >= 4 is 6.08 Å².